The Balaban J connectivity index is 1.89. The summed E-state index contributed by atoms with van der Waals surface area (Å²) in [6.07, 6.45) is 3.57. The maximum Gasteiger partial charge on any atom is 0.158 e. The number of morpholine rings is 1. The van der Waals surface area contributed by atoms with Crippen LogP contribution >= 0.6 is 0 Å². The molecular weight excluding hydrogens is 280 g/mol. The fourth-order valence-electron chi connectivity index (χ4n) is 2.92. The van der Waals surface area contributed by atoms with Crippen LogP contribution in [0.4, 0.5) is 5.82 Å². The third kappa shape index (κ3) is 2.05. The van der Waals surface area contributed by atoms with Gasteiger partial charge in [0.15, 0.2) is 5.65 Å². The highest BCUT2D eigenvalue weighted by molar-refractivity contribution is 5.65. The second-order valence-corrected chi connectivity index (χ2v) is 5.56. The molecular formula is C15H18N6O. The molecule has 4 heterocycles. The summed E-state index contributed by atoms with van der Waals surface area (Å²) < 4.78 is 9.23. The third-order valence-electron chi connectivity index (χ3n) is 4.09. The molecule has 0 N–H and O–H groups in total. The van der Waals surface area contributed by atoms with Crippen molar-refractivity contribution in [3.8, 4) is 11.4 Å². The highest BCUT2D eigenvalue weighted by Crippen LogP contribution is 2.26. The van der Waals surface area contributed by atoms with Gasteiger partial charge in [0, 0.05) is 31.9 Å². The molecule has 1 aliphatic heterocycles. The lowest BCUT2D eigenvalue weighted by Gasteiger charge is -2.34. The summed E-state index contributed by atoms with van der Waals surface area (Å²) in [6.45, 7) is 4.47. The van der Waals surface area contributed by atoms with Crippen LogP contribution in [-0.4, -0.2) is 50.2 Å². The minimum Gasteiger partial charge on any atom is -0.377 e. The summed E-state index contributed by atoms with van der Waals surface area (Å²) in [6, 6.07) is 6.31. The molecule has 0 bridgehead atoms. The van der Waals surface area contributed by atoms with Crippen LogP contribution < -0.4 is 4.90 Å². The van der Waals surface area contributed by atoms with Crippen LogP contribution in [0.15, 0.2) is 30.6 Å². The van der Waals surface area contributed by atoms with Crippen molar-refractivity contribution >= 4 is 11.5 Å². The van der Waals surface area contributed by atoms with Gasteiger partial charge in [-0.2, -0.15) is 10.2 Å². The van der Waals surface area contributed by atoms with Crippen LogP contribution in [0.5, 0.6) is 0 Å². The monoisotopic (exact) mass is 298 g/mol. The quantitative estimate of drug-likeness (QED) is 0.715. The first kappa shape index (κ1) is 13.3. The molecule has 4 rings (SSSR count). The lowest BCUT2D eigenvalue weighted by Crippen LogP contribution is -2.44. The topological polar surface area (TPSA) is 60.5 Å². The van der Waals surface area contributed by atoms with E-state index in [0.717, 1.165) is 42.6 Å². The van der Waals surface area contributed by atoms with Crippen molar-refractivity contribution in [1.82, 2.24) is 24.4 Å². The predicted molar refractivity (Wildman–Crippen MR) is 82.8 cm³/mol. The van der Waals surface area contributed by atoms with Crippen molar-refractivity contribution in [2.75, 3.05) is 24.7 Å². The molecule has 0 aromatic carbocycles. The number of rotatable bonds is 2. The molecule has 1 atom stereocenters. The van der Waals surface area contributed by atoms with Crippen LogP contribution in [0.2, 0.25) is 0 Å². The van der Waals surface area contributed by atoms with E-state index in [2.05, 4.69) is 28.1 Å². The molecule has 3 aromatic rings. The van der Waals surface area contributed by atoms with Crippen molar-refractivity contribution in [2.24, 2.45) is 7.05 Å². The minimum atomic E-state index is 0.311. The molecule has 7 nitrogen and oxygen atoms in total. The standard InChI is InChI=1S/C15H18N6O/c1-11-10-22-8-7-20(11)15-9-13(12-3-5-16-19(12)2)21-14(18-15)4-6-17-21/h3-6,9,11H,7-8,10H2,1-2H3/t11-/m1/s1. The van der Waals surface area contributed by atoms with Gasteiger partial charge in [-0.15, -0.1) is 0 Å². The first-order chi connectivity index (χ1) is 10.7. The van der Waals surface area contributed by atoms with E-state index in [4.69, 9.17) is 9.72 Å². The van der Waals surface area contributed by atoms with Crippen LogP contribution in [0.1, 0.15) is 6.92 Å². The van der Waals surface area contributed by atoms with Crippen LogP contribution in [0.25, 0.3) is 17.0 Å². The van der Waals surface area contributed by atoms with Crippen LogP contribution in [0, 0.1) is 0 Å². The Labute approximate surface area is 128 Å². The van der Waals surface area contributed by atoms with Gasteiger partial charge in [0.05, 0.1) is 36.8 Å². The van der Waals surface area contributed by atoms with Crippen molar-refractivity contribution in [1.29, 1.82) is 0 Å². The van der Waals surface area contributed by atoms with Gasteiger partial charge < -0.3 is 9.64 Å². The molecule has 0 unspecified atom stereocenters. The highest BCUT2D eigenvalue weighted by Gasteiger charge is 2.22. The summed E-state index contributed by atoms with van der Waals surface area (Å²) >= 11 is 0. The number of nitrogens with zero attached hydrogens (tertiary/aromatic N) is 6. The van der Waals surface area contributed by atoms with Crippen molar-refractivity contribution in [3.05, 3.63) is 30.6 Å². The van der Waals surface area contributed by atoms with Crippen LogP contribution in [0.3, 0.4) is 0 Å². The van der Waals surface area contributed by atoms with Gasteiger partial charge in [0.2, 0.25) is 0 Å². The smallest absolute Gasteiger partial charge is 0.158 e. The molecule has 1 aliphatic rings. The number of ether oxygens (including phenoxy) is 1. The van der Waals surface area contributed by atoms with Crippen molar-refractivity contribution in [3.63, 3.8) is 0 Å². The van der Waals surface area contributed by atoms with E-state index in [1.807, 2.05) is 28.4 Å². The SMILES string of the molecule is C[C@@H]1COCCN1c1cc(-c2ccnn2C)n2nccc2n1. The maximum absolute atomic E-state index is 5.53. The molecule has 0 amide bonds. The second-order valence-electron chi connectivity index (χ2n) is 5.56. The first-order valence-corrected chi connectivity index (χ1v) is 7.41. The van der Waals surface area contributed by atoms with Crippen molar-refractivity contribution < 1.29 is 4.74 Å². The van der Waals surface area contributed by atoms with Gasteiger partial charge in [-0.1, -0.05) is 0 Å². The van der Waals surface area contributed by atoms with E-state index in [0.29, 0.717) is 6.04 Å². The fraction of sp³-hybridized carbons (Fsp3) is 0.400. The Morgan fingerprint density at radius 3 is 2.82 bits per heavy atom. The van der Waals surface area contributed by atoms with Crippen LogP contribution in [-0.2, 0) is 11.8 Å². The summed E-state index contributed by atoms with van der Waals surface area (Å²) in [5, 5.41) is 8.65. The average Bonchev–Trinajstić information content (AvgIpc) is 3.15. The maximum atomic E-state index is 5.53. The van der Waals surface area contributed by atoms with E-state index < -0.39 is 0 Å². The lowest BCUT2D eigenvalue weighted by atomic mass is 10.2. The molecule has 22 heavy (non-hydrogen) atoms. The Morgan fingerprint density at radius 1 is 1.18 bits per heavy atom. The van der Waals surface area contributed by atoms with Gasteiger partial charge >= 0.3 is 0 Å². The minimum absolute atomic E-state index is 0.311. The first-order valence-electron chi connectivity index (χ1n) is 7.41. The normalized spacial score (nSPS) is 19.0. The average molecular weight is 298 g/mol. The summed E-state index contributed by atoms with van der Waals surface area (Å²) in [4.78, 5) is 7.04. The van der Waals surface area contributed by atoms with E-state index in [1.54, 1.807) is 12.4 Å². The predicted octanol–water partition coefficient (Wildman–Crippen LogP) is 1.35. The molecule has 0 aliphatic carbocycles. The van der Waals surface area contributed by atoms with Gasteiger partial charge in [-0.3, -0.25) is 4.68 Å². The highest BCUT2D eigenvalue weighted by atomic mass is 16.5. The second kappa shape index (κ2) is 5.10. The van der Waals surface area contributed by atoms with Gasteiger partial charge in [-0.05, 0) is 13.0 Å². The number of aromatic nitrogens is 5. The molecule has 0 saturated carbocycles. The largest absolute Gasteiger partial charge is 0.377 e. The van der Waals surface area contributed by atoms with E-state index in [1.165, 1.54) is 0 Å². The Kier molecular flexibility index (Phi) is 3.07. The third-order valence-corrected chi connectivity index (χ3v) is 4.09. The number of hydrogen-bond acceptors (Lipinski definition) is 5. The number of anilines is 1. The number of aryl methyl sites for hydroxylation is 1. The zero-order valence-electron chi connectivity index (χ0n) is 12.7. The molecule has 0 radical (unpaired) electrons. The summed E-state index contributed by atoms with van der Waals surface area (Å²) in [5.74, 6) is 0.958. The summed E-state index contributed by atoms with van der Waals surface area (Å²) in [7, 11) is 1.93. The fourth-order valence-corrected chi connectivity index (χ4v) is 2.92. The van der Waals surface area contributed by atoms with Gasteiger partial charge in [0.25, 0.3) is 0 Å². The summed E-state index contributed by atoms with van der Waals surface area (Å²) in [5.41, 5.74) is 2.84. The zero-order valence-corrected chi connectivity index (χ0v) is 12.7. The lowest BCUT2D eigenvalue weighted by molar-refractivity contribution is 0.0985. The zero-order chi connectivity index (χ0) is 15.1. The molecule has 1 fully saturated rings. The molecule has 3 aromatic heterocycles. The Hall–Kier alpha value is -2.41. The van der Waals surface area contributed by atoms with Crippen molar-refractivity contribution in [2.45, 2.75) is 13.0 Å². The van der Waals surface area contributed by atoms with E-state index in [-0.39, 0.29) is 0 Å². The molecule has 1 saturated heterocycles. The number of hydrogen-bond donors (Lipinski definition) is 0. The molecule has 0 spiro atoms. The molecule has 114 valence electrons. The van der Waals surface area contributed by atoms with Gasteiger partial charge in [0.1, 0.15) is 5.82 Å². The number of fused-ring (bicyclic) bond motifs is 1. The molecule has 7 heteroatoms. The Morgan fingerprint density at radius 2 is 2.05 bits per heavy atom. The van der Waals surface area contributed by atoms with Gasteiger partial charge in [-0.25, -0.2) is 9.50 Å². The Bertz CT molecular complexity index is 807. The van der Waals surface area contributed by atoms with E-state index >= 15 is 0 Å². The van der Waals surface area contributed by atoms with E-state index in [9.17, 15) is 0 Å².